The van der Waals surface area contributed by atoms with Crippen LogP contribution >= 0.6 is 0 Å². The highest BCUT2D eigenvalue weighted by atomic mass is 16.6. The predicted octanol–water partition coefficient (Wildman–Crippen LogP) is 2.58. The van der Waals surface area contributed by atoms with E-state index in [9.17, 15) is 9.59 Å². The van der Waals surface area contributed by atoms with E-state index in [2.05, 4.69) is 0 Å². The molecule has 0 amide bonds. The van der Waals surface area contributed by atoms with Crippen molar-refractivity contribution in [1.29, 1.82) is 0 Å². The molecule has 21 heavy (non-hydrogen) atoms. The van der Waals surface area contributed by atoms with Gasteiger partial charge in [0.25, 0.3) is 0 Å². The van der Waals surface area contributed by atoms with Gasteiger partial charge in [0.1, 0.15) is 5.75 Å². The minimum absolute atomic E-state index is 0.269. The van der Waals surface area contributed by atoms with E-state index < -0.39 is 11.9 Å². The molecule has 0 bridgehead atoms. The van der Waals surface area contributed by atoms with Crippen molar-refractivity contribution >= 4 is 17.6 Å². The van der Waals surface area contributed by atoms with Gasteiger partial charge in [-0.15, -0.1) is 0 Å². The molecule has 0 saturated carbocycles. The molecule has 0 aliphatic heterocycles. The Morgan fingerprint density at radius 1 is 1.00 bits per heavy atom. The number of esters is 2. The Balaban J connectivity index is 2.15. The van der Waals surface area contributed by atoms with Crippen molar-refractivity contribution in [3.8, 4) is 5.75 Å². The zero-order valence-corrected chi connectivity index (χ0v) is 11.8. The van der Waals surface area contributed by atoms with Gasteiger partial charge in [0, 0.05) is 5.69 Å². The molecule has 0 aliphatic rings. The fraction of sp³-hybridized carbons (Fsp3) is 0.125. The highest BCUT2D eigenvalue weighted by Crippen LogP contribution is 2.18. The number of hydrogen-bond donors (Lipinski definition) is 1. The Bertz CT molecular complexity index is 677. The average molecular weight is 285 g/mol. The molecule has 0 radical (unpaired) electrons. The third-order valence-corrected chi connectivity index (χ3v) is 3.11. The van der Waals surface area contributed by atoms with Crippen LogP contribution in [0.25, 0.3) is 0 Å². The van der Waals surface area contributed by atoms with E-state index in [1.165, 1.54) is 19.2 Å². The quantitative estimate of drug-likeness (QED) is 0.532. The summed E-state index contributed by atoms with van der Waals surface area (Å²) in [6.07, 6.45) is 0. The molecule has 5 heteroatoms. The minimum atomic E-state index is -0.722. The molecule has 0 fully saturated rings. The maximum absolute atomic E-state index is 12.0. The van der Waals surface area contributed by atoms with Gasteiger partial charge in [0.2, 0.25) is 0 Å². The molecule has 5 nitrogen and oxygen atoms in total. The van der Waals surface area contributed by atoms with E-state index >= 15 is 0 Å². The number of carbonyl (C=O) groups excluding carboxylic acids is 2. The van der Waals surface area contributed by atoms with Crippen molar-refractivity contribution in [2.24, 2.45) is 0 Å². The Morgan fingerprint density at radius 3 is 2.29 bits per heavy atom. The highest BCUT2D eigenvalue weighted by molar-refractivity contribution is 6.03. The summed E-state index contributed by atoms with van der Waals surface area (Å²) in [6.45, 7) is 1.70. The van der Waals surface area contributed by atoms with Crippen LogP contribution in [0.4, 0.5) is 5.69 Å². The van der Waals surface area contributed by atoms with Gasteiger partial charge >= 0.3 is 11.9 Å². The molecule has 2 N–H and O–H groups in total. The minimum Gasteiger partial charge on any atom is -0.497 e. The van der Waals surface area contributed by atoms with Crippen LogP contribution in [-0.4, -0.2) is 19.0 Å². The van der Waals surface area contributed by atoms with E-state index in [-0.39, 0.29) is 11.1 Å². The first-order chi connectivity index (χ1) is 10.0. The van der Waals surface area contributed by atoms with Crippen molar-refractivity contribution in [3.05, 3.63) is 59.2 Å². The van der Waals surface area contributed by atoms with Crippen molar-refractivity contribution in [2.75, 3.05) is 12.8 Å². The van der Waals surface area contributed by atoms with Crippen LogP contribution < -0.4 is 10.5 Å². The summed E-state index contributed by atoms with van der Waals surface area (Å²) in [5.74, 6) is -0.824. The first-order valence-corrected chi connectivity index (χ1v) is 6.28. The van der Waals surface area contributed by atoms with Crippen LogP contribution in [0.3, 0.4) is 0 Å². The standard InChI is InChI=1S/C16H15NO4/c1-10-13(4-3-5-14(10)17)16(19)21-15(18)11-6-8-12(20-2)9-7-11/h3-9H,17H2,1-2H3. The number of nitrogens with two attached hydrogens (primary N) is 1. The van der Waals surface area contributed by atoms with Gasteiger partial charge in [-0.3, -0.25) is 0 Å². The number of ether oxygens (including phenoxy) is 2. The lowest BCUT2D eigenvalue weighted by atomic mass is 10.1. The molecule has 2 aromatic carbocycles. The van der Waals surface area contributed by atoms with Crippen LogP contribution in [0.1, 0.15) is 26.3 Å². The monoisotopic (exact) mass is 285 g/mol. The largest absolute Gasteiger partial charge is 0.497 e. The van der Waals surface area contributed by atoms with Gasteiger partial charge in [-0.05, 0) is 48.9 Å². The van der Waals surface area contributed by atoms with E-state index in [0.717, 1.165) is 0 Å². The number of nitrogen functional groups attached to an aromatic ring is 1. The second-order valence-corrected chi connectivity index (χ2v) is 4.43. The molecule has 0 saturated heterocycles. The van der Waals surface area contributed by atoms with Crippen LogP contribution in [0.2, 0.25) is 0 Å². The molecule has 0 aromatic heterocycles. The summed E-state index contributed by atoms with van der Waals surface area (Å²) in [6, 6.07) is 11.2. The summed E-state index contributed by atoms with van der Waals surface area (Å²) in [7, 11) is 1.53. The third kappa shape index (κ3) is 3.20. The Kier molecular flexibility index (Phi) is 4.23. The van der Waals surface area contributed by atoms with Gasteiger partial charge in [-0.2, -0.15) is 0 Å². The fourth-order valence-electron chi connectivity index (χ4n) is 1.80. The molecule has 108 valence electrons. The normalized spacial score (nSPS) is 10.0. The van der Waals surface area contributed by atoms with E-state index in [1.807, 2.05) is 0 Å². The zero-order valence-electron chi connectivity index (χ0n) is 11.8. The fourth-order valence-corrected chi connectivity index (χ4v) is 1.80. The van der Waals surface area contributed by atoms with Gasteiger partial charge in [0.05, 0.1) is 18.2 Å². The second-order valence-electron chi connectivity index (χ2n) is 4.43. The van der Waals surface area contributed by atoms with E-state index in [0.29, 0.717) is 17.0 Å². The Hall–Kier alpha value is -2.82. The predicted molar refractivity (Wildman–Crippen MR) is 78.3 cm³/mol. The van der Waals surface area contributed by atoms with Gasteiger partial charge in [-0.25, -0.2) is 9.59 Å². The zero-order chi connectivity index (χ0) is 15.4. The lowest BCUT2D eigenvalue weighted by molar-refractivity contribution is 0.0397. The van der Waals surface area contributed by atoms with Crippen LogP contribution in [-0.2, 0) is 4.74 Å². The molecule has 0 atom stereocenters. The van der Waals surface area contributed by atoms with Gasteiger partial charge in [0.15, 0.2) is 0 Å². The topological polar surface area (TPSA) is 78.6 Å². The number of anilines is 1. The molecule has 2 aromatic rings. The lowest BCUT2D eigenvalue weighted by Gasteiger charge is -2.08. The number of carbonyl (C=O) groups is 2. The van der Waals surface area contributed by atoms with Crippen LogP contribution in [0.15, 0.2) is 42.5 Å². The first-order valence-electron chi connectivity index (χ1n) is 6.28. The molecular weight excluding hydrogens is 270 g/mol. The molecule has 0 heterocycles. The summed E-state index contributed by atoms with van der Waals surface area (Å²) in [5.41, 5.74) is 7.33. The van der Waals surface area contributed by atoms with Crippen molar-refractivity contribution < 1.29 is 19.1 Å². The van der Waals surface area contributed by atoms with Crippen molar-refractivity contribution in [2.45, 2.75) is 6.92 Å². The van der Waals surface area contributed by atoms with E-state index in [1.54, 1.807) is 37.3 Å². The molecule has 0 spiro atoms. The van der Waals surface area contributed by atoms with Crippen molar-refractivity contribution in [1.82, 2.24) is 0 Å². The maximum Gasteiger partial charge on any atom is 0.346 e. The van der Waals surface area contributed by atoms with Gasteiger partial charge < -0.3 is 15.2 Å². The summed E-state index contributed by atoms with van der Waals surface area (Å²) < 4.78 is 9.85. The van der Waals surface area contributed by atoms with E-state index in [4.69, 9.17) is 15.2 Å². The van der Waals surface area contributed by atoms with Gasteiger partial charge in [-0.1, -0.05) is 6.07 Å². The lowest BCUT2D eigenvalue weighted by Crippen LogP contribution is -2.14. The smallest absolute Gasteiger partial charge is 0.346 e. The summed E-state index contributed by atoms with van der Waals surface area (Å²) in [5, 5.41) is 0. The number of hydrogen-bond acceptors (Lipinski definition) is 5. The summed E-state index contributed by atoms with van der Waals surface area (Å²) in [4.78, 5) is 23.9. The van der Waals surface area contributed by atoms with Crippen LogP contribution in [0, 0.1) is 6.92 Å². The molecular formula is C16H15NO4. The molecule has 0 aliphatic carbocycles. The Morgan fingerprint density at radius 2 is 1.67 bits per heavy atom. The first kappa shape index (κ1) is 14.6. The number of rotatable bonds is 3. The van der Waals surface area contributed by atoms with Crippen LogP contribution in [0.5, 0.6) is 5.75 Å². The SMILES string of the molecule is COc1ccc(C(=O)OC(=O)c2cccc(N)c2C)cc1. The number of benzene rings is 2. The molecule has 2 rings (SSSR count). The van der Waals surface area contributed by atoms with Crippen molar-refractivity contribution in [3.63, 3.8) is 0 Å². The Labute approximate surface area is 122 Å². The summed E-state index contributed by atoms with van der Waals surface area (Å²) >= 11 is 0. The molecule has 0 unspecified atom stereocenters. The second kappa shape index (κ2) is 6.09. The third-order valence-electron chi connectivity index (χ3n) is 3.11. The number of methoxy groups -OCH3 is 1. The maximum atomic E-state index is 12.0. The average Bonchev–Trinajstić information content (AvgIpc) is 2.50. The highest BCUT2D eigenvalue weighted by Gasteiger charge is 2.17.